The largest absolute Gasteiger partial charge is 0.394 e. The Balaban J connectivity index is 2.21. The summed E-state index contributed by atoms with van der Waals surface area (Å²) in [5.74, 6) is -0.255. The number of pyridine rings is 1. The number of nitrogens with zero attached hydrogens (tertiary/aromatic N) is 1. The second kappa shape index (κ2) is 8.00. The molecule has 0 atom stereocenters. The molecule has 1 amide bonds. The number of amides is 1. The monoisotopic (exact) mass is 258 g/mol. The van der Waals surface area contributed by atoms with Gasteiger partial charge >= 0.3 is 0 Å². The van der Waals surface area contributed by atoms with Gasteiger partial charge in [-0.1, -0.05) is 17.7 Å². The fourth-order valence-corrected chi connectivity index (χ4v) is 1.33. The Bertz CT molecular complexity index is 360. The SMILES string of the molecule is O=C(NCCCOCCO)c1cccc(Cl)n1. The van der Waals surface area contributed by atoms with Gasteiger partial charge in [0.2, 0.25) is 0 Å². The number of nitrogens with one attached hydrogen (secondary N) is 1. The quantitative estimate of drug-likeness (QED) is 0.562. The van der Waals surface area contributed by atoms with Gasteiger partial charge in [0.25, 0.3) is 5.91 Å². The van der Waals surface area contributed by atoms with Gasteiger partial charge in [0.05, 0.1) is 13.2 Å². The molecule has 1 aromatic rings. The minimum absolute atomic E-state index is 0.0127. The Labute approximate surface area is 105 Å². The summed E-state index contributed by atoms with van der Waals surface area (Å²) in [6.45, 7) is 1.34. The fraction of sp³-hybridized carbons (Fsp3) is 0.455. The Morgan fingerprint density at radius 1 is 1.47 bits per heavy atom. The molecule has 0 fully saturated rings. The van der Waals surface area contributed by atoms with Crippen LogP contribution < -0.4 is 5.32 Å². The number of aliphatic hydroxyl groups excluding tert-OH is 1. The van der Waals surface area contributed by atoms with Crippen LogP contribution in [0.15, 0.2) is 18.2 Å². The van der Waals surface area contributed by atoms with E-state index in [0.717, 1.165) is 0 Å². The van der Waals surface area contributed by atoms with Gasteiger partial charge in [-0.05, 0) is 18.6 Å². The Hall–Kier alpha value is -1.17. The van der Waals surface area contributed by atoms with Crippen molar-refractivity contribution >= 4 is 17.5 Å². The Kier molecular flexibility index (Phi) is 6.54. The van der Waals surface area contributed by atoms with Crippen molar-refractivity contribution in [1.29, 1.82) is 0 Å². The molecule has 0 saturated heterocycles. The van der Waals surface area contributed by atoms with Gasteiger partial charge in [0.15, 0.2) is 0 Å². The number of ether oxygens (including phenoxy) is 1. The van der Waals surface area contributed by atoms with E-state index in [2.05, 4.69) is 10.3 Å². The summed E-state index contributed by atoms with van der Waals surface area (Å²) in [4.78, 5) is 15.5. The molecule has 0 bridgehead atoms. The second-order valence-electron chi connectivity index (χ2n) is 3.29. The third kappa shape index (κ3) is 5.63. The second-order valence-corrected chi connectivity index (χ2v) is 3.68. The van der Waals surface area contributed by atoms with Gasteiger partial charge in [-0.25, -0.2) is 4.98 Å². The van der Waals surface area contributed by atoms with E-state index in [4.69, 9.17) is 21.4 Å². The first-order chi connectivity index (χ1) is 8.24. The molecule has 1 rings (SSSR count). The van der Waals surface area contributed by atoms with E-state index < -0.39 is 0 Å². The molecule has 0 aliphatic heterocycles. The Morgan fingerprint density at radius 2 is 2.29 bits per heavy atom. The molecule has 0 aliphatic rings. The molecule has 5 nitrogen and oxygen atoms in total. The van der Waals surface area contributed by atoms with Crippen LogP contribution in [0.5, 0.6) is 0 Å². The van der Waals surface area contributed by atoms with Crippen molar-refractivity contribution in [3.05, 3.63) is 29.0 Å². The van der Waals surface area contributed by atoms with Crippen molar-refractivity contribution in [2.45, 2.75) is 6.42 Å². The minimum atomic E-state index is -0.255. The maximum Gasteiger partial charge on any atom is 0.269 e. The van der Waals surface area contributed by atoms with E-state index >= 15 is 0 Å². The predicted octanol–water partition coefficient (Wildman–Crippen LogP) is 0.864. The van der Waals surface area contributed by atoms with Crippen LogP contribution in [0.2, 0.25) is 5.15 Å². The zero-order valence-corrected chi connectivity index (χ0v) is 10.1. The highest BCUT2D eigenvalue weighted by atomic mass is 35.5. The lowest BCUT2D eigenvalue weighted by atomic mass is 10.3. The van der Waals surface area contributed by atoms with E-state index in [1.807, 2.05) is 0 Å². The van der Waals surface area contributed by atoms with Crippen LogP contribution in [0.1, 0.15) is 16.9 Å². The minimum Gasteiger partial charge on any atom is -0.394 e. The van der Waals surface area contributed by atoms with E-state index in [1.165, 1.54) is 0 Å². The lowest BCUT2D eigenvalue weighted by molar-refractivity contribution is 0.0865. The summed E-state index contributed by atoms with van der Waals surface area (Å²) in [6, 6.07) is 4.89. The summed E-state index contributed by atoms with van der Waals surface area (Å²) in [5.41, 5.74) is 0.300. The maximum atomic E-state index is 11.6. The molecule has 0 aliphatic carbocycles. The number of hydrogen-bond acceptors (Lipinski definition) is 4. The van der Waals surface area contributed by atoms with Crippen LogP contribution in [0.4, 0.5) is 0 Å². The van der Waals surface area contributed by atoms with Crippen LogP contribution in [-0.2, 0) is 4.74 Å². The van der Waals surface area contributed by atoms with Crippen LogP contribution >= 0.6 is 11.6 Å². The zero-order chi connectivity index (χ0) is 12.5. The topological polar surface area (TPSA) is 71.5 Å². The van der Waals surface area contributed by atoms with Crippen LogP contribution in [-0.4, -0.2) is 42.4 Å². The van der Waals surface area contributed by atoms with Crippen LogP contribution in [0.25, 0.3) is 0 Å². The summed E-state index contributed by atoms with van der Waals surface area (Å²) >= 11 is 5.67. The average molecular weight is 259 g/mol. The van der Waals surface area contributed by atoms with E-state index in [9.17, 15) is 4.79 Å². The zero-order valence-electron chi connectivity index (χ0n) is 9.36. The van der Waals surface area contributed by atoms with E-state index in [0.29, 0.717) is 37.0 Å². The lowest BCUT2D eigenvalue weighted by Crippen LogP contribution is -2.26. The van der Waals surface area contributed by atoms with Crippen molar-refractivity contribution in [2.24, 2.45) is 0 Å². The third-order valence-corrected chi connectivity index (χ3v) is 2.14. The number of halogens is 1. The molecule has 0 aromatic carbocycles. The van der Waals surface area contributed by atoms with Crippen molar-refractivity contribution in [2.75, 3.05) is 26.4 Å². The Morgan fingerprint density at radius 3 is 3.00 bits per heavy atom. The molecule has 0 radical (unpaired) electrons. The molecule has 0 spiro atoms. The first kappa shape index (κ1) is 13.9. The molecular weight excluding hydrogens is 244 g/mol. The number of aromatic nitrogens is 1. The van der Waals surface area contributed by atoms with Crippen LogP contribution in [0.3, 0.4) is 0 Å². The maximum absolute atomic E-state index is 11.6. The number of carbonyl (C=O) groups is 1. The molecule has 0 unspecified atom stereocenters. The third-order valence-electron chi connectivity index (χ3n) is 1.93. The van der Waals surface area contributed by atoms with Crippen molar-refractivity contribution in [3.8, 4) is 0 Å². The van der Waals surface area contributed by atoms with Gasteiger partial charge in [-0.3, -0.25) is 4.79 Å². The number of rotatable bonds is 7. The fourth-order valence-electron chi connectivity index (χ4n) is 1.17. The lowest BCUT2D eigenvalue weighted by Gasteiger charge is -2.05. The molecular formula is C11H15ClN2O3. The normalized spacial score (nSPS) is 10.2. The molecule has 6 heteroatoms. The highest BCUT2D eigenvalue weighted by Crippen LogP contribution is 2.04. The summed E-state index contributed by atoms with van der Waals surface area (Å²) in [5, 5.41) is 11.5. The van der Waals surface area contributed by atoms with E-state index in [1.54, 1.807) is 18.2 Å². The number of hydrogen-bond donors (Lipinski definition) is 2. The molecule has 0 saturated carbocycles. The molecule has 17 heavy (non-hydrogen) atoms. The predicted molar refractivity (Wildman–Crippen MR) is 64.1 cm³/mol. The smallest absolute Gasteiger partial charge is 0.269 e. The average Bonchev–Trinajstić information content (AvgIpc) is 2.33. The molecule has 2 N–H and O–H groups in total. The van der Waals surface area contributed by atoms with Crippen molar-refractivity contribution in [3.63, 3.8) is 0 Å². The van der Waals surface area contributed by atoms with Gasteiger partial charge < -0.3 is 15.2 Å². The molecule has 94 valence electrons. The number of aliphatic hydroxyl groups is 1. The summed E-state index contributed by atoms with van der Waals surface area (Å²) in [6.07, 6.45) is 0.687. The molecule has 1 aromatic heterocycles. The first-order valence-corrected chi connectivity index (χ1v) is 5.71. The van der Waals surface area contributed by atoms with Crippen LogP contribution in [0, 0.1) is 0 Å². The van der Waals surface area contributed by atoms with Gasteiger partial charge in [-0.2, -0.15) is 0 Å². The van der Waals surface area contributed by atoms with Gasteiger partial charge in [-0.15, -0.1) is 0 Å². The highest BCUT2D eigenvalue weighted by molar-refractivity contribution is 6.29. The van der Waals surface area contributed by atoms with Gasteiger partial charge in [0, 0.05) is 13.2 Å². The first-order valence-electron chi connectivity index (χ1n) is 5.33. The van der Waals surface area contributed by atoms with E-state index in [-0.39, 0.29) is 12.5 Å². The summed E-state index contributed by atoms with van der Waals surface area (Å²) in [7, 11) is 0. The van der Waals surface area contributed by atoms with Crippen molar-refractivity contribution in [1.82, 2.24) is 10.3 Å². The number of carbonyl (C=O) groups excluding carboxylic acids is 1. The van der Waals surface area contributed by atoms with Crippen molar-refractivity contribution < 1.29 is 14.6 Å². The van der Waals surface area contributed by atoms with Gasteiger partial charge in [0.1, 0.15) is 10.8 Å². The molecule has 1 heterocycles. The summed E-state index contributed by atoms with van der Waals surface area (Å²) < 4.78 is 5.05. The highest BCUT2D eigenvalue weighted by Gasteiger charge is 2.06. The standard InChI is InChI=1S/C11H15ClN2O3/c12-10-4-1-3-9(14-10)11(16)13-5-2-7-17-8-6-15/h1,3-4,15H,2,5-8H2,(H,13,16).